The second-order valence-electron chi connectivity index (χ2n) is 8.13. The Labute approximate surface area is 194 Å². The van der Waals surface area contributed by atoms with E-state index in [0.29, 0.717) is 0 Å². The number of aromatic nitrogens is 2. The fourth-order valence-electron chi connectivity index (χ4n) is 4.53. The number of rotatable bonds is 3. The Balaban J connectivity index is 1.54. The van der Waals surface area contributed by atoms with Gasteiger partial charge in [0, 0.05) is 38.7 Å². The van der Waals surface area contributed by atoms with Crippen molar-refractivity contribution in [3.05, 3.63) is 103 Å². The smallest absolute Gasteiger partial charge is 0.136 e. The van der Waals surface area contributed by atoms with Crippen LogP contribution in [0.5, 0.6) is 0 Å². The minimum absolute atomic E-state index is 0.847. The highest BCUT2D eigenvalue weighted by molar-refractivity contribution is 7.21. The first kappa shape index (κ1) is 18.4. The summed E-state index contributed by atoms with van der Waals surface area (Å²) >= 11 is 1.71. The standard InChI is InChI=1S/C29H18N2OS/c1-3-12-22-18(8-1)16-24(30-22)20-10-7-11-21(29-31-23-13-4-6-15-27(23)33-29)28(20)26-17-19-9-2-5-14-25(19)32-26/h1-17,30H. The van der Waals surface area contributed by atoms with E-state index in [1.165, 1.54) is 10.1 Å². The van der Waals surface area contributed by atoms with Gasteiger partial charge in [0.2, 0.25) is 0 Å². The van der Waals surface area contributed by atoms with Crippen LogP contribution in [-0.2, 0) is 0 Å². The number of fused-ring (bicyclic) bond motifs is 3. The van der Waals surface area contributed by atoms with Gasteiger partial charge in [0.25, 0.3) is 0 Å². The summed E-state index contributed by atoms with van der Waals surface area (Å²) in [5, 5.41) is 3.27. The largest absolute Gasteiger partial charge is 0.456 e. The lowest BCUT2D eigenvalue weighted by Gasteiger charge is -2.11. The van der Waals surface area contributed by atoms with E-state index < -0.39 is 0 Å². The molecule has 156 valence electrons. The summed E-state index contributed by atoms with van der Waals surface area (Å²) in [6.45, 7) is 0. The Morgan fingerprint density at radius 2 is 1.48 bits per heavy atom. The second kappa shape index (κ2) is 7.19. The molecule has 0 aliphatic heterocycles. The topological polar surface area (TPSA) is 41.8 Å². The maximum atomic E-state index is 6.39. The molecule has 4 aromatic carbocycles. The summed E-state index contributed by atoms with van der Waals surface area (Å²) < 4.78 is 7.57. The van der Waals surface area contributed by atoms with Gasteiger partial charge >= 0.3 is 0 Å². The Morgan fingerprint density at radius 3 is 2.36 bits per heavy atom. The van der Waals surface area contributed by atoms with Crippen LogP contribution in [0.3, 0.4) is 0 Å². The van der Waals surface area contributed by atoms with Crippen LogP contribution in [0, 0.1) is 0 Å². The van der Waals surface area contributed by atoms with E-state index in [2.05, 4.69) is 83.8 Å². The highest BCUT2D eigenvalue weighted by Gasteiger charge is 2.20. The van der Waals surface area contributed by atoms with Crippen LogP contribution >= 0.6 is 11.3 Å². The number of nitrogens with zero attached hydrogens (tertiary/aromatic N) is 1. The van der Waals surface area contributed by atoms with Crippen molar-refractivity contribution < 1.29 is 4.42 Å². The number of nitrogens with one attached hydrogen (secondary N) is 1. The van der Waals surface area contributed by atoms with Crippen molar-refractivity contribution in [2.45, 2.75) is 0 Å². The van der Waals surface area contributed by atoms with E-state index in [1.54, 1.807) is 11.3 Å². The summed E-state index contributed by atoms with van der Waals surface area (Å²) in [5.41, 5.74) is 7.31. The third kappa shape index (κ3) is 2.99. The predicted molar refractivity (Wildman–Crippen MR) is 138 cm³/mol. The van der Waals surface area contributed by atoms with Crippen molar-refractivity contribution in [3.8, 4) is 33.2 Å². The Morgan fingerprint density at radius 1 is 0.697 bits per heavy atom. The van der Waals surface area contributed by atoms with Gasteiger partial charge in [-0.25, -0.2) is 4.98 Å². The molecule has 3 nitrogen and oxygen atoms in total. The summed E-state index contributed by atoms with van der Waals surface area (Å²) in [4.78, 5) is 8.57. The number of aromatic amines is 1. The summed E-state index contributed by atoms with van der Waals surface area (Å²) in [5.74, 6) is 0.847. The van der Waals surface area contributed by atoms with Gasteiger partial charge in [-0.15, -0.1) is 11.3 Å². The first-order valence-corrected chi connectivity index (χ1v) is 11.7. The van der Waals surface area contributed by atoms with E-state index >= 15 is 0 Å². The maximum Gasteiger partial charge on any atom is 0.136 e. The number of hydrogen-bond acceptors (Lipinski definition) is 3. The van der Waals surface area contributed by atoms with E-state index in [1.807, 2.05) is 24.3 Å². The van der Waals surface area contributed by atoms with Gasteiger partial charge in [-0.05, 0) is 36.4 Å². The molecule has 0 amide bonds. The molecule has 7 rings (SSSR count). The molecule has 0 aliphatic carbocycles. The maximum absolute atomic E-state index is 6.39. The molecule has 0 atom stereocenters. The molecule has 0 bridgehead atoms. The summed E-state index contributed by atoms with van der Waals surface area (Å²) in [6.07, 6.45) is 0. The lowest BCUT2D eigenvalue weighted by atomic mass is 9.96. The lowest BCUT2D eigenvalue weighted by Crippen LogP contribution is -1.89. The molecular formula is C29H18N2OS. The zero-order valence-electron chi connectivity index (χ0n) is 17.6. The predicted octanol–water partition coefficient (Wildman–Crippen LogP) is 8.52. The van der Waals surface area contributed by atoms with Gasteiger partial charge in [-0.2, -0.15) is 0 Å². The van der Waals surface area contributed by atoms with Gasteiger partial charge in [0.15, 0.2) is 0 Å². The van der Waals surface area contributed by atoms with Crippen LogP contribution in [0.2, 0.25) is 0 Å². The molecule has 33 heavy (non-hydrogen) atoms. The summed E-state index contributed by atoms with van der Waals surface area (Å²) in [7, 11) is 0. The monoisotopic (exact) mass is 442 g/mol. The molecule has 4 heteroatoms. The molecule has 7 aromatic rings. The number of thiazole rings is 1. The molecule has 0 saturated heterocycles. The van der Waals surface area contributed by atoms with Crippen molar-refractivity contribution in [2.24, 2.45) is 0 Å². The first-order chi connectivity index (χ1) is 16.3. The fraction of sp³-hybridized carbons (Fsp3) is 0. The van der Waals surface area contributed by atoms with Crippen molar-refractivity contribution in [3.63, 3.8) is 0 Å². The molecule has 0 radical (unpaired) electrons. The van der Waals surface area contributed by atoms with Gasteiger partial charge in [-0.3, -0.25) is 0 Å². The first-order valence-electron chi connectivity index (χ1n) is 10.9. The molecule has 0 spiro atoms. The number of hydrogen-bond donors (Lipinski definition) is 1. The van der Waals surface area contributed by atoms with Gasteiger partial charge in [0.1, 0.15) is 16.4 Å². The van der Waals surface area contributed by atoms with Crippen molar-refractivity contribution in [2.75, 3.05) is 0 Å². The fourth-order valence-corrected chi connectivity index (χ4v) is 5.53. The van der Waals surface area contributed by atoms with Crippen LogP contribution < -0.4 is 0 Å². The number of para-hydroxylation sites is 3. The van der Waals surface area contributed by atoms with Gasteiger partial charge < -0.3 is 9.40 Å². The summed E-state index contributed by atoms with van der Waals surface area (Å²) in [6, 6.07) is 35.6. The third-order valence-electron chi connectivity index (χ3n) is 6.08. The Kier molecular flexibility index (Phi) is 4.01. The molecule has 0 fully saturated rings. The van der Waals surface area contributed by atoms with Crippen LogP contribution in [0.15, 0.2) is 108 Å². The molecule has 1 N–H and O–H groups in total. The lowest BCUT2D eigenvalue weighted by molar-refractivity contribution is 0.632. The Hall–Kier alpha value is -4.15. The minimum atomic E-state index is 0.847. The average Bonchev–Trinajstić information content (AvgIpc) is 3.59. The van der Waals surface area contributed by atoms with Crippen LogP contribution in [0.1, 0.15) is 0 Å². The molecule has 0 saturated carbocycles. The van der Waals surface area contributed by atoms with Crippen LogP contribution in [-0.4, -0.2) is 9.97 Å². The van der Waals surface area contributed by atoms with Gasteiger partial charge in [0.05, 0.1) is 10.2 Å². The van der Waals surface area contributed by atoms with Crippen molar-refractivity contribution in [1.29, 1.82) is 0 Å². The Bertz CT molecular complexity index is 1590. The molecule has 0 unspecified atom stereocenters. The third-order valence-corrected chi connectivity index (χ3v) is 7.15. The second-order valence-corrected chi connectivity index (χ2v) is 9.16. The number of furan rings is 1. The quantitative estimate of drug-likeness (QED) is 0.298. The molecule has 3 heterocycles. The van der Waals surface area contributed by atoms with E-state index in [4.69, 9.17) is 9.40 Å². The average molecular weight is 443 g/mol. The zero-order valence-corrected chi connectivity index (χ0v) is 18.4. The normalized spacial score (nSPS) is 11.6. The highest BCUT2D eigenvalue weighted by Crippen LogP contribution is 2.44. The minimum Gasteiger partial charge on any atom is -0.456 e. The van der Waals surface area contributed by atoms with E-state index in [9.17, 15) is 0 Å². The van der Waals surface area contributed by atoms with E-state index in [0.717, 1.165) is 55.2 Å². The number of benzene rings is 4. The number of H-pyrrole nitrogens is 1. The van der Waals surface area contributed by atoms with E-state index in [-0.39, 0.29) is 0 Å². The SMILES string of the molecule is c1cc(-c2cc3ccccc3[nH]2)c(-c2cc3ccccc3o2)c(-c2nc3ccccc3s2)c1. The molecule has 0 aliphatic rings. The molecular weight excluding hydrogens is 424 g/mol. The van der Waals surface area contributed by atoms with Crippen molar-refractivity contribution >= 4 is 43.4 Å². The van der Waals surface area contributed by atoms with Gasteiger partial charge in [-0.1, -0.05) is 66.7 Å². The highest BCUT2D eigenvalue weighted by atomic mass is 32.1. The van der Waals surface area contributed by atoms with Crippen molar-refractivity contribution in [1.82, 2.24) is 9.97 Å². The van der Waals surface area contributed by atoms with Crippen LogP contribution in [0.25, 0.3) is 65.2 Å². The molecule has 3 aromatic heterocycles. The van der Waals surface area contributed by atoms with Crippen LogP contribution in [0.4, 0.5) is 0 Å². The zero-order chi connectivity index (χ0) is 21.8.